The lowest BCUT2D eigenvalue weighted by molar-refractivity contribution is -0.116. The van der Waals surface area contributed by atoms with E-state index < -0.39 is 0 Å². The Morgan fingerprint density at radius 2 is 1.85 bits per heavy atom. The molecule has 1 heterocycles. The van der Waals surface area contributed by atoms with Crippen molar-refractivity contribution in [3.8, 4) is 10.6 Å². The average molecular weight is 400 g/mol. The number of aryl methyl sites for hydroxylation is 1. The van der Waals surface area contributed by atoms with Crippen LogP contribution in [0.25, 0.3) is 10.6 Å². The number of rotatable bonds is 4. The highest BCUT2D eigenvalue weighted by Gasteiger charge is 2.17. The minimum absolute atomic E-state index is 0.0550. The molecule has 7 heteroatoms. The van der Waals surface area contributed by atoms with E-state index in [0.717, 1.165) is 16.3 Å². The van der Waals surface area contributed by atoms with Gasteiger partial charge in [-0.15, -0.1) is 11.3 Å². The zero-order valence-corrected chi connectivity index (χ0v) is 16.7. The minimum Gasteiger partial charge on any atom is -0.321 e. The Hall–Kier alpha value is -2.70. The average Bonchev–Trinajstić information content (AvgIpc) is 3.03. The molecule has 0 radical (unpaired) electrons. The van der Waals surface area contributed by atoms with Gasteiger partial charge in [-0.05, 0) is 43.3 Å². The summed E-state index contributed by atoms with van der Waals surface area (Å²) in [6.45, 7) is 3.31. The number of nitrogens with one attached hydrogen (secondary N) is 1. The van der Waals surface area contributed by atoms with Crippen LogP contribution in [-0.4, -0.2) is 23.8 Å². The van der Waals surface area contributed by atoms with Gasteiger partial charge in [-0.3, -0.25) is 9.59 Å². The Bertz CT molecular complexity index is 999. The quantitative estimate of drug-likeness (QED) is 0.670. The first-order valence-corrected chi connectivity index (χ1v) is 9.43. The zero-order valence-electron chi connectivity index (χ0n) is 15.1. The highest BCUT2D eigenvalue weighted by Crippen LogP contribution is 2.30. The van der Waals surface area contributed by atoms with Gasteiger partial charge in [-0.1, -0.05) is 23.7 Å². The van der Waals surface area contributed by atoms with Gasteiger partial charge in [0, 0.05) is 35.9 Å². The van der Waals surface area contributed by atoms with Gasteiger partial charge in [-0.25, -0.2) is 4.98 Å². The molecule has 2 amide bonds. The number of benzene rings is 2. The third kappa shape index (κ3) is 4.35. The summed E-state index contributed by atoms with van der Waals surface area (Å²) in [5.74, 6) is -0.272. The summed E-state index contributed by atoms with van der Waals surface area (Å²) in [6, 6.07) is 14.5. The van der Waals surface area contributed by atoms with E-state index in [1.807, 2.05) is 25.1 Å². The molecule has 1 N–H and O–H groups in total. The fraction of sp³-hybridized carbons (Fsp3) is 0.150. The van der Waals surface area contributed by atoms with Crippen LogP contribution >= 0.6 is 22.9 Å². The highest BCUT2D eigenvalue weighted by atomic mass is 35.5. The van der Waals surface area contributed by atoms with E-state index in [1.165, 1.54) is 23.2 Å². The molecule has 3 rings (SSSR count). The van der Waals surface area contributed by atoms with Crippen LogP contribution in [-0.2, 0) is 4.79 Å². The van der Waals surface area contributed by atoms with Crippen molar-refractivity contribution < 1.29 is 9.59 Å². The summed E-state index contributed by atoms with van der Waals surface area (Å²) in [5.41, 5.74) is 2.96. The molecular weight excluding hydrogens is 382 g/mol. The number of aromatic nitrogens is 1. The molecule has 0 atom stereocenters. The van der Waals surface area contributed by atoms with Gasteiger partial charge in [0.25, 0.3) is 5.91 Å². The predicted molar refractivity (Wildman–Crippen MR) is 111 cm³/mol. The van der Waals surface area contributed by atoms with Gasteiger partial charge in [0.05, 0.1) is 5.69 Å². The van der Waals surface area contributed by atoms with Crippen molar-refractivity contribution in [2.45, 2.75) is 13.8 Å². The molecule has 3 aromatic rings. The molecule has 2 aromatic carbocycles. The van der Waals surface area contributed by atoms with E-state index in [0.29, 0.717) is 21.3 Å². The molecule has 0 saturated heterocycles. The maximum absolute atomic E-state index is 12.6. The molecule has 0 unspecified atom stereocenters. The number of halogens is 1. The Morgan fingerprint density at radius 1 is 1.15 bits per heavy atom. The first kappa shape index (κ1) is 19.1. The standard InChI is InChI=1S/C20H18ClN3O2S/c1-12-18(27-20(22-12)14-5-4-6-15(21)11-14)19(26)23-16-7-9-17(10-8-16)24(3)13(2)25/h4-11H,1-3H3,(H,23,26). The Kier molecular flexibility index (Phi) is 5.58. The molecule has 1 aromatic heterocycles. The van der Waals surface area contributed by atoms with Crippen LogP contribution in [0.15, 0.2) is 48.5 Å². The number of nitrogens with zero attached hydrogens (tertiary/aromatic N) is 2. The van der Waals surface area contributed by atoms with E-state index in [-0.39, 0.29) is 11.8 Å². The molecule has 0 bridgehead atoms. The van der Waals surface area contributed by atoms with Gasteiger partial charge < -0.3 is 10.2 Å². The lowest BCUT2D eigenvalue weighted by Crippen LogP contribution is -2.22. The molecule has 0 saturated carbocycles. The lowest BCUT2D eigenvalue weighted by atomic mass is 10.2. The summed E-state index contributed by atoms with van der Waals surface area (Å²) < 4.78 is 0. The maximum atomic E-state index is 12.6. The molecule has 0 aliphatic rings. The summed E-state index contributed by atoms with van der Waals surface area (Å²) in [7, 11) is 1.70. The normalized spacial score (nSPS) is 10.5. The third-order valence-corrected chi connectivity index (χ3v) is 5.50. The van der Waals surface area contributed by atoms with Crippen molar-refractivity contribution in [3.05, 3.63) is 64.1 Å². The third-order valence-electron chi connectivity index (χ3n) is 4.06. The molecule has 5 nitrogen and oxygen atoms in total. The molecule has 0 fully saturated rings. The summed E-state index contributed by atoms with van der Waals surface area (Å²) in [6.07, 6.45) is 0. The number of carbonyl (C=O) groups is 2. The smallest absolute Gasteiger partial charge is 0.267 e. The Labute approximate surface area is 166 Å². The minimum atomic E-state index is -0.217. The lowest BCUT2D eigenvalue weighted by Gasteiger charge is -2.15. The van der Waals surface area contributed by atoms with E-state index >= 15 is 0 Å². The summed E-state index contributed by atoms with van der Waals surface area (Å²) in [5, 5.41) is 4.25. The van der Waals surface area contributed by atoms with Crippen LogP contribution < -0.4 is 10.2 Å². The first-order chi connectivity index (χ1) is 12.8. The highest BCUT2D eigenvalue weighted by molar-refractivity contribution is 7.17. The number of hydrogen-bond donors (Lipinski definition) is 1. The summed E-state index contributed by atoms with van der Waals surface area (Å²) >= 11 is 7.36. The maximum Gasteiger partial charge on any atom is 0.267 e. The van der Waals surface area contributed by atoms with Crippen LogP contribution in [0.2, 0.25) is 5.02 Å². The van der Waals surface area contributed by atoms with E-state index in [9.17, 15) is 9.59 Å². The van der Waals surface area contributed by atoms with Crippen molar-refractivity contribution in [3.63, 3.8) is 0 Å². The molecule has 0 aliphatic carbocycles. The van der Waals surface area contributed by atoms with Crippen LogP contribution in [0.1, 0.15) is 22.3 Å². The van der Waals surface area contributed by atoms with Crippen LogP contribution in [0, 0.1) is 6.92 Å². The second kappa shape index (κ2) is 7.90. The molecule has 27 heavy (non-hydrogen) atoms. The van der Waals surface area contributed by atoms with Crippen molar-refractivity contribution in [1.29, 1.82) is 0 Å². The SMILES string of the molecule is CC(=O)N(C)c1ccc(NC(=O)c2sc(-c3cccc(Cl)c3)nc2C)cc1. The van der Waals surface area contributed by atoms with Gasteiger partial charge >= 0.3 is 0 Å². The number of thiazole rings is 1. The number of amides is 2. The Morgan fingerprint density at radius 3 is 2.48 bits per heavy atom. The molecular formula is C20H18ClN3O2S. The van der Waals surface area contributed by atoms with Gasteiger partial charge in [-0.2, -0.15) is 0 Å². The van der Waals surface area contributed by atoms with Crippen LogP contribution in [0.3, 0.4) is 0 Å². The van der Waals surface area contributed by atoms with E-state index in [4.69, 9.17) is 11.6 Å². The zero-order chi connectivity index (χ0) is 19.6. The van der Waals surface area contributed by atoms with E-state index in [2.05, 4.69) is 10.3 Å². The number of anilines is 2. The number of hydrogen-bond acceptors (Lipinski definition) is 4. The van der Waals surface area contributed by atoms with E-state index in [1.54, 1.807) is 37.4 Å². The monoisotopic (exact) mass is 399 g/mol. The topological polar surface area (TPSA) is 62.3 Å². The van der Waals surface area contributed by atoms with Crippen LogP contribution in [0.4, 0.5) is 11.4 Å². The molecule has 0 spiro atoms. The summed E-state index contributed by atoms with van der Waals surface area (Å²) in [4.78, 5) is 30.6. The fourth-order valence-corrected chi connectivity index (χ4v) is 3.64. The molecule has 138 valence electrons. The first-order valence-electron chi connectivity index (χ1n) is 8.24. The molecule has 0 aliphatic heterocycles. The van der Waals surface area contributed by atoms with Crippen molar-refractivity contribution in [1.82, 2.24) is 4.98 Å². The van der Waals surface area contributed by atoms with Crippen molar-refractivity contribution in [2.24, 2.45) is 0 Å². The largest absolute Gasteiger partial charge is 0.321 e. The van der Waals surface area contributed by atoms with Crippen molar-refractivity contribution >= 4 is 46.1 Å². The second-order valence-corrected chi connectivity index (χ2v) is 7.46. The van der Waals surface area contributed by atoms with Crippen LogP contribution in [0.5, 0.6) is 0 Å². The second-order valence-electron chi connectivity index (χ2n) is 6.02. The number of carbonyl (C=O) groups excluding carboxylic acids is 2. The Balaban J connectivity index is 1.78. The fourth-order valence-electron chi connectivity index (χ4n) is 2.49. The van der Waals surface area contributed by atoms with Gasteiger partial charge in [0.2, 0.25) is 5.91 Å². The van der Waals surface area contributed by atoms with Gasteiger partial charge in [0.1, 0.15) is 9.88 Å². The van der Waals surface area contributed by atoms with Crippen molar-refractivity contribution in [2.75, 3.05) is 17.3 Å². The van der Waals surface area contributed by atoms with Gasteiger partial charge in [0.15, 0.2) is 0 Å². The predicted octanol–water partition coefficient (Wildman–Crippen LogP) is 5.01.